The molecule has 0 spiro atoms. The average molecular weight is 313 g/mol. The Bertz CT molecular complexity index is 604. The second kappa shape index (κ2) is 6.09. The van der Waals surface area contributed by atoms with Crippen LogP contribution in [0.15, 0.2) is 18.2 Å². The minimum atomic E-state index is -1.02. The van der Waals surface area contributed by atoms with Crippen LogP contribution in [-0.2, 0) is 9.59 Å². The number of nitro groups is 1. The lowest BCUT2D eigenvalue weighted by atomic mass is 9.95. The lowest BCUT2D eigenvalue weighted by Gasteiger charge is -2.15. The molecule has 1 aromatic rings. The molecule has 1 saturated carbocycles. The standard InChI is InChI=1S/C13H13ClN2O5/c14-7-4-5-10(11(6-7)16(20)21)15-12(17)8-2-1-3-9(8)13(18)19/h4-6,8-9H,1-3H2,(H,15,17)(H,18,19). The fraction of sp³-hybridized carbons (Fsp3) is 0.385. The molecule has 21 heavy (non-hydrogen) atoms. The van der Waals surface area contributed by atoms with E-state index in [0.29, 0.717) is 19.3 Å². The van der Waals surface area contributed by atoms with Gasteiger partial charge >= 0.3 is 5.97 Å². The fourth-order valence-electron chi connectivity index (χ4n) is 2.56. The molecule has 0 heterocycles. The number of carboxylic acids is 1. The summed E-state index contributed by atoms with van der Waals surface area (Å²) in [6.07, 6.45) is 1.55. The van der Waals surface area contributed by atoms with Crippen molar-refractivity contribution in [3.05, 3.63) is 33.3 Å². The summed E-state index contributed by atoms with van der Waals surface area (Å²) >= 11 is 5.69. The van der Waals surface area contributed by atoms with E-state index in [-0.39, 0.29) is 16.4 Å². The van der Waals surface area contributed by atoms with Crippen LogP contribution in [0.1, 0.15) is 19.3 Å². The van der Waals surface area contributed by atoms with Crippen LogP contribution in [0.4, 0.5) is 11.4 Å². The van der Waals surface area contributed by atoms with Crippen LogP contribution in [0, 0.1) is 22.0 Å². The molecule has 7 nitrogen and oxygen atoms in total. The van der Waals surface area contributed by atoms with E-state index in [4.69, 9.17) is 16.7 Å². The Morgan fingerprint density at radius 2 is 2.00 bits per heavy atom. The van der Waals surface area contributed by atoms with E-state index in [1.165, 1.54) is 12.1 Å². The van der Waals surface area contributed by atoms with Crippen LogP contribution in [0.2, 0.25) is 5.02 Å². The number of amides is 1. The van der Waals surface area contributed by atoms with Crippen molar-refractivity contribution in [2.45, 2.75) is 19.3 Å². The minimum absolute atomic E-state index is 0.0189. The van der Waals surface area contributed by atoms with Crippen LogP contribution >= 0.6 is 11.6 Å². The molecule has 1 aliphatic rings. The van der Waals surface area contributed by atoms with Crippen molar-refractivity contribution in [3.63, 3.8) is 0 Å². The van der Waals surface area contributed by atoms with Crippen molar-refractivity contribution < 1.29 is 19.6 Å². The Morgan fingerprint density at radius 3 is 2.62 bits per heavy atom. The summed E-state index contributed by atoms with van der Waals surface area (Å²) in [5.41, 5.74) is -0.300. The molecule has 0 radical (unpaired) electrons. The molecule has 2 rings (SSSR count). The van der Waals surface area contributed by atoms with Crippen LogP contribution in [0.25, 0.3) is 0 Å². The molecule has 8 heteroatoms. The highest BCUT2D eigenvalue weighted by Gasteiger charge is 2.38. The topological polar surface area (TPSA) is 110 Å². The van der Waals surface area contributed by atoms with Gasteiger partial charge in [0.2, 0.25) is 5.91 Å². The van der Waals surface area contributed by atoms with Gasteiger partial charge in [0.15, 0.2) is 0 Å². The third-order valence-corrected chi connectivity index (χ3v) is 3.82. The van der Waals surface area contributed by atoms with Crippen LogP contribution in [0.3, 0.4) is 0 Å². The number of hydrogen-bond acceptors (Lipinski definition) is 4. The van der Waals surface area contributed by atoms with Gasteiger partial charge in [-0.25, -0.2) is 0 Å². The van der Waals surface area contributed by atoms with Gasteiger partial charge in [0, 0.05) is 11.1 Å². The number of anilines is 1. The summed E-state index contributed by atoms with van der Waals surface area (Å²) in [5.74, 6) is -2.93. The molecule has 1 aromatic carbocycles. The normalized spacial score (nSPS) is 21.0. The number of carboxylic acid groups (broad SMARTS) is 1. The average Bonchev–Trinajstić information content (AvgIpc) is 2.90. The monoisotopic (exact) mass is 312 g/mol. The molecule has 2 atom stereocenters. The smallest absolute Gasteiger partial charge is 0.307 e. The maximum absolute atomic E-state index is 12.2. The molecular weight excluding hydrogens is 300 g/mol. The molecular formula is C13H13ClN2O5. The Kier molecular flexibility index (Phi) is 4.42. The van der Waals surface area contributed by atoms with Gasteiger partial charge in [0.05, 0.1) is 16.8 Å². The van der Waals surface area contributed by atoms with E-state index in [0.717, 1.165) is 6.07 Å². The molecule has 0 aromatic heterocycles. The van der Waals surface area contributed by atoms with Gasteiger partial charge in [0.25, 0.3) is 5.69 Å². The lowest BCUT2D eigenvalue weighted by Crippen LogP contribution is -2.30. The fourth-order valence-corrected chi connectivity index (χ4v) is 2.72. The SMILES string of the molecule is O=C(O)C1CCCC1C(=O)Nc1ccc(Cl)cc1[N+](=O)[O-]. The van der Waals surface area contributed by atoms with E-state index in [9.17, 15) is 19.7 Å². The molecule has 0 bridgehead atoms. The van der Waals surface area contributed by atoms with Gasteiger partial charge < -0.3 is 10.4 Å². The third-order valence-electron chi connectivity index (χ3n) is 3.58. The molecule has 2 N–H and O–H groups in total. The van der Waals surface area contributed by atoms with Gasteiger partial charge in [-0.2, -0.15) is 0 Å². The third kappa shape index (κ3) is 3.30. The summed E-state index contributed by atoms with van der Waals surface area (Å²) in [6.45, 7) is 0. The second-order valence-electron chi connectivity index (χ2n) is 4.89. The van der Waals surface area contributed by atoms with Gasteiger partial charge in [0.1, 0.15) is 5.69 Å². The Hall–Kier alpha value is -2.15. The predicted octanol–water partition coefficient (Wildman–Crippen LogP) is 2.69. The number of carbonyl (C=O) groups is 2. The highest BCUT2D eigenvalue weighted by Crippen LogP contribution is 2.34. The Balaban J connectivity index is 2.20. The number of nitrogens with one attached hydrogen (secondary N) is 1. The zero-order valence-corrected chi connectivity index (χ0v) is 11.7. The van der Waals surface area contributed by atoms with Gasteiger partial charge in [-0.05, 0) is 25.0 Å². The zero-order valence-electron chi connectivity index (χ0n) is 10.9. The van der Waals surface area contributed by atoms with E-state index in [2.05, 4.69) is 5.32 Å². The number of nitrogens with zero attached hydrogens (tertiary/aromatic N) is 1. The van der Waals surface area contributed by atoms with Crippen LogP contribution in [0.5, 0.6) is 0 Å². The first-order valence-corrected chi connectivity index (χ1v) is 6.75. The largest absolute Gasteiger partial charge is 0.481 e. The first-order chi connectivity index (χ1) is 9.90. The van der Waals surface area contributed by atoms with Gasteiger partial charge in [-0.1, -0.05) is 18.0 Å². The highest BCUT2D eigenvalue weighted by molar-refractivity contribution is 6.31. The molecule has 2 unspecified atom stereocenters. The lowest BCUT2D eigenvalue weighted by molar-refractivity contribution is -0.383. The Morgan fingerprint density at radius 1 is 1.33 bits per heavy atom. The summed E-state index contributed by atoms with van der Waals surface area (Å²) < 4.78 is 0. The number of hydrogen-bond donors (Lipinski definition) is 2. The predicted molar refractivity (Wildman–Crippen MR) is 75.2 cm³/mol. The van der Waals surface area contributed by atoms with Gasteiger partial charge in [-0.15, -0.1) is 0 Å². The maximum atomic E-state index is 12.2. The molecule has 112 valence electrons. The quantitative estimate of drug-likeness (QED) is 0.656. The van der Waals surface area contributed by atoms with Crippen molar-refractivity contribution >= 4 is 34.9 Å². The summed E-state index contributed by atoms with van der Waals surface area (Å²) in [6, 6.07) is 3.90. The number of aliphatic carboxylic acids is 1. The highest BCUT2D eigenvalue weighted by atomic mass is 35.5. The molecule has 1 amide bonds. The second-order valence-corrected chi connectivity index (χ2v) is 5.33. The molecule has 1 aliphatic carbocycles. The molecule has 0 saturated heterocycles. The minimum Gasteiger partial charge on any atom is -0.481 e. The number of nitro benzene ring substituents is 1. The van der Waals surface area contributed by atoms with E-state index < -0.39 is 28.6 Å². The Labute approximate surface area is 125 Å². The summed E-state index contributed by atoms with van der Waals surface area (Å²) in [5, 5.41) is 22.7. The van der Waals surface area contributed by atoms with Gasteiger partial charge in [-0.3, -0.25) is 19.7 Å². The first kappa shape index (κ1) is 15.2. The summed E-state index contributed by atoms with van der Waals surface area (Å²) in [4.78, 5) is 33.5. The number of carbonyl (C=O) groups excluding carboxylic acids is 1. The van der Waals surface area contributed by atoms with Crippen LogP contribution in [-0.4, -0.2) is 21.9 Å². The van der Waals surface area contributed by atoms with Crippen molar-refractivity contribution in [2.24, 2.45) is 11.8 Å². The number of halogens is 1. The molecule has 1 fully saturated rings. The number of rotatable bonds is 4. The summed E-state index contributed by atoms with van der Waals surface area (Å²) in [7, 11) is 0. The van der Waals surface area contributed by atoms with E-state index in [1.807, 2.05) is 0 Å². The zero-order chi connectivity index (χ0) is 15.6. The van der Waals surface area contributed by atoms with E-state index in [1.54, 1.807) is 0 Å². The number of benzene rings is 1. The maximum Gasteiger partial charge on any atom is 0.307 e. The van der Waals surface area contributed by atoms with Crippen molar-refractivity contribution in [1.29, 1.82) is 0 Å². The van der Waals surface area contributed by atoms with Crippen molar-refractivity contribution in [3.8, 4) is 0 Å². The van der Waals surface area contributed by atoms with Crippen molar-refractivity contribution in [1.82, 2.24) is 0 Å². The van der Waals surface area contributed by atoms with Crippen molar-refractivity contribution in [2.75, 3.05) is 5.32 Å². The first-order valence-electron chi connectivity index (χ1n) is 6.37. The molecule has 0 aliphatic heterocycles. The van der Waals surface area contributed by atoms with Crippen LogP contribution < -0.4 is 5.32 Å². The van der Waals surface area contributed by atoms with E-state index >= 15 is 0 Å².